The Balaban J connectivity index is 1.61. The van der Waals surface area contributed by atoms with Crippen LogP contribution in [-0.4, -0.2) is 9.97 Å². The molecule has 2 aromatic heterocycles. The summed E-state index contributed by atoms with van der Waals surface area (Å²) >= 11 is 1.78. The van der Waals surface area contributed by atoms with Gasteiger partial charge in [-0.05, 0) is 59.7 Å². The predicted octanol–water partition coefficient (Wildman–Crippen LogP) is 5.83. The first-order chi connectivity index (χ1) is 11.4. The van der Waals surface area contributed by atoms with Gasteiger partial charge in [0.25, 0.3) is 0 Å². The highest BCUT2D eigenvalue weighted by Crippen LogP contribution is 2.32. The molecule has 0 fully saturated rings. The van der Waals surface area contributed by atoms with Crippen LogP contribution in [0.4, 0.5) is 0 Å². The molecule has 0 radical (unpaired) electrons. The van der Waals surface area contributed by atoms with Crippen LogP contribution in [0.3, 0.4) is 0 Å². The summed E-state index contributed by atoms with van der Waals surface area (Å²) in [5, 5.41) is 0. The predicted molar refractivity (Wildman–Crippen MR) is 96.6 cm³/mol. The van der Waals surface area contributed by atoms with E-state index < -0.39 is 0 Å². The van der Waals surface area contributed by atoms with Gasteiger partial charge in [0.1, 0.15) is 0 Å². The van der Waals surface area contributed by atoms with Gasteiger partial charge in [-0.2, -0.15) is 0 Å². The molecule has 4 rings (SSSR count). The van der Waals surface area contributed by atoms with Crippen molar-refractivity contribution < 1.29 is 0 Å². The SMILES string of the molecule is c1cc(Sc2cccc(-c3ccc[nH]3)c2)cc(-c2ccc[nH]2)c1. The van der Waals surface area contributed by atoms with Crippen LogP contribution in [0.25, 0.3) is 22.5 Å². The first-order valence-corrected chi connectivity index (χ1v) is 8.36. The molecule has 0 aliphatic rings. The highest BCUT2D eigenvalue weighted by atomic mass is 32.2. The first-order valence-electron chi connectivity index (χ1n) is 7.54. The van der Waals surface area contributed by atoms with E-state index in [4.69, 9.17) is 0 Å². The molecule has 2 heterocycles. The summed E-state index contributed by atoms with van der Waals surface area (Å²) in [4.78, 5) is 8.99. The highest BCUT2D eigenvalue weighted by molar-refractivity contribution is 7.99. The van der Waals surface area contributed by atoms with E-state index in [0.717, 1.165) is 11.4 Å². The van der Waals surface area contributed by atoms with Gasteiger partial charge in [0.2, 0.25) is 0 Å². The largest absolute Gasteiger partial charge is 0.361 e. The van der Waals surface area contributed by atoms with Gasteiger partial charge in [-0.25, -0.2) is 0 Å². The van der Waals surface area contributed by atoms with E-state index in [1.807, 2.05) is 24.5 Å². The number of hydrogen-bond donors (Lipinski definition) is 2. The van der Waals surface area contributed by atoms with Crippen LogP contribution in [-0.2, 0) is 0 Å². The molecule has 2 nitrogen and oxygen atoms in total. The molecule has 112 valence electrons. The Hall–Kier alpha value is -2.65. The second-order valence-corrected chi connectivity index (χ2v) is 6.47. The van der Waals surface area contributed by atoms with Gasteiger partial charge in [-0.1, -0.05) is 36.0 Å². The van der Waals surface area contributed by atoms with E-state index in [9.17, 15) is 0 Å². The van der Waals surface area contributed by atoms with Crippen LogP contribution in [0, 0.1) is 0 Å². The molecule has 0 unspecified atom stereocenters. The van der Waals surface area contributed by atoms with Crippen molar-refractivity contribution in [3.8, 4) is 22.5 Å². The van der Waals surface area contributed by atoms with Crippen LogP contribution in [0.1, 0.15) is 0 Å². The van der Waals surface area contributed by atoms with Gasteiger partial charge in [0.05, 0.1) is 0 Å². The van der Waals surface area contributed by atoms with Crippen molar-refractivity contribution in [3.63, 3.8) is 0 Å². The van der Waals surface area contributed by atoms with Crippen LogP contribution >= 0.6 is 11.8 Å². The molecular weight excluding hydrogens is 300 g/mol. The lowest BCUT2D eigenvalue weighted by atomic mass is 10.1. The van der Waals surface area contributed by atoms with Crippen LogP contribution < -0.4 is 0 Å². The molecule has 23 heavy (non-hydrogen) atoms. The molecule has 0 saturated heterocycles. The van der Waals surface area contributed by atoms with Gasteiger partial charge < -0.3 is 9.97 Å². The normalized spacial score (nSPS) is 10.8. The Morgan fingerprint density at radius 1 is 0.565 bits per heavy atom. The Morgan fingerprint density at radius 3 is 1.52 bits per heavy atom. The van der Waals surface area contributed by atoms with Crippen LogP contribution in [0.5, 0.6) is 0 Å². The number of aromatic nitrogens is 2. The van der Waals surface area contributed by atoms with Crippen molar-refractivity contribution in [2.24, 2.45) is 0 Å². The molecule has 3 heteroatoms. The Morgan fingerprint density at radius 2 is 1.09 bits per heavy atom. The molecule has 0 aliphatic heterocycles. The molecule has 0 saturated carbocycles. The fraction of sp³-hybridized carbons (Fsp3) is 0. The highest BCUT2D eigenvalue weighted by Gasteiger charge is 2.04. The molecular formula is C20H16N2S. The maximum Gasteiger partial charge on any atom is 0.0454 e. The summed E-state index contributed by atoms with van der Waals surface area (Å²) in [6.45, 7) is 0. The Bertz CT molecular complexity index is 817. The van der Waals surface area contributed by atoms with E-state index in [-0.39, 0.29) is 0 Å². The van der Waals surface area contributed by atoms with Crippen molar-refractivity contribution in [1.29, 1.82) is 0 Å². The smallest absolute Gasteiger partial charge is 0.0454 e. The molecule has 0 amide bonds. The molecule has 2 aromatic carbocycles. The fourth-order valence-electron chi connectivity index (χ4n) is 2.61. The maximum absolute atomic E-state index is 3.26. The van der Waals surface area contributed by atoms with Crippen molar-refractivity contribution >= 4 is 11.8 Å². The standard InChI is InChI=1S/C20H16N2S/c1-5-15(19-9-3-11-21-19)13-17(7-1)23-18-8-2-6-16(14-18)20-10-4-12-22-20/h1-14,21-22H. The Labute approximate surface area is 139 Å². The van der Waals surface area contributed by atoms with Gasteiger partial charge in [-0.15, -0.1) is 0 Å². The van der Waals surface area contributed by atoms with Gasteiger partial charge >= 0.3 is 0 Å². The summed E-state index contributed by atoms with van der Waals surface area (Å²) in [6, 6.07) is 25.4. The van der Waals surface area contributed by atoms with Gasteiger partial charge in [0.15, 0.2) is 0 Å². The van der Waals surface area contributed by atoms with Crippen molar-refractivity contribution in [1.82, 2.24) is 9.97 Å². The summed E-state index contributed by atoms with van der Waals surface area (Å²) in [5.74, 6) is 0. The molecule has 0 bridgehead atoms. The summed E-state index contributed by atoms with van der Waals surface area (Å²) < 4.78 is 0. The maximum atomic E-state index is 3.26. The minimum atomic E-state index is 1.15. The fourth-order valence-corrected chi connectivity index (χ4v) is 3.55. The van der Waals surface area contributed by atoms with Gasteiger partial charge in [-0.3, -0.25) is 0 Å². The van der Waals surface area contributed by atoms with E-state index in [1.54, 1.807) is 11.8 Å². The number of benzene rings is 2. The minimum absolute atomic E-state index is 1.15. The van der Waals surface area contributed by atoms with Crippen molar-refractivity contribution in [2.75, 3.05) is 0 Å². The zero-order valence-electron chi connectivity index (χ0n) is 12.5. The third-order valence-corrected chi connectivity index (χ3v) is 4.70. The number of nitrogens with one attached hydrogen (secondary N) is 2. The quantitative estimate of drug-likeness (QED) is 0.488. The topological polar surface area (TPSA) is 31.6 Å². The van der Waals surface area contributed by atoms with E-state index in [2.05, 4.69) is 70.6 Å². The van der Waals surface area contributed by atoms with Gasteiger partial charge in [0, 0.05) is 33.6 Å². The first kappa shape index (κ1) is 14.0. The summed E-state index contributed by atoms with van der Waals surface area (Å²) in [7, 11) is 0. The van der Waals surface area contributed by atoms with Crippen molar-refractivity contribution in [2.45, 2.75) is 9.79 Å². The Kier molecular flexibility index (Phi) is 3.78. The summed E-state index contributed by atoms with van der Waals surface area (Å²) in [6.07, 6.45) is 3.91. The van der Waals surface area contributed by atoms with Crippen molar-refractivity contribution in [3.05, 3.63) is 85.2 Å². The van der Waals surface area contributed by atoms with Crippen LogP contribution in [0.15, 0.2) is 95.0 Å². The third-order valence-electron chi connectivity index (χ3n) is 3.72. The number of hydrogen-bond acceptors (Lipinski definition) is 1. The number of rotatable bonds is 4. The molecule has 0 atom stereocenters. The molecule has 0 aliphatic carbocycles. The van der Waals surface area contributed by atoms with E-state index in [1.165, 1.54) is 20.9 Å². The second-order valence-electron chi connectivity index (χ2n) is 5.33. The van der Waals surface area contributed by atoms with E-state index >= 15 is 0 Å². The summed E-state index contributed by atoms with van der Waals surface area (Å²) in [5.41, 5.74) is 4.71. The lowest BCUT2D eigenvalue weighted by molar-refractivity contribution is 1.35. The molecule has 4 aromatic rings. The zero-order chi connectivity index (χ0) is 15.5. The zero-order valence-corrected chi connectivity index (χ0v) is 13.3. The average molecular weight is 316 g/mol. The molecule has 2 N–H and O–H groups in total. The number of aromatic amines is 2. The second kappa shape index (κ2) is 6.23. The lowest BCUT2D eigenvalue weighted by Gasteiger charge is -2.06. The third kappa shape index (κ3) is 3.10. The van der Waals surface area contributed by atoms with E-state index in [0.29, 0.717) is 0 Å². The lowest BCUT2D eigenvalue weighted by Crippen LogP contribution is -1.81. The monoisotopic (exact) mass is 316 g/mol. The van der Waals surface area contributed by atoms with Crippen LogP contribution in [0.2, 0.25) is 0 Å². The number of H-pyrrole nitrogens is 2. The molecule has 0 spiro atoms. The minimum Gasteiger partial charge on any atom is -0.361 e. The average Bonchev–Trinajstić information content (AvgIpc) is 3.29.